The van der Waals surface area contributed by atoms with Crippen LogP contribution in [0.15, 0.2) is 42.7 Å². The topological polar surface area (TPSA) is 28.2 Å². The van der Waals surface area contributed by atoms with E-state index in [1.807, 2.05) is 12.4 Å². The largest absolute Gasteiger partial charge is 0.383 e. The molecule has 0 unspecified atom stereocenters. The van der Waals surface area contributed by atoms with Crippen molar-refractivity contribution in [1.82, 2.24) is 4.98 Å². The van der Waals surface area contributed by atoms with E-state index >= 15 is 0 Å². The molecule has 0 radical (unpaired) electrons. The molecule has 3 heteroatoms. The highest BCUT2D eigenvalue weighted by Gasteiger charge is 2.14. The Hall–Kier alpha value is -2.03. The van der Waals surface area contributed by atoms with Crippen molar-refractivity contribution in [3.8, 4) is 0 Å². The molecular formula is C16H19N3. The monoisotopic (exact) mass is 253 g/mol. The van der Waals surface area contributed by atoms with E-state index in [1.54, 1.807) is 0 Å². The quantitative estimate of drug-likeness (QED) is 0.890. The van der Waals surface area contributed by atoms with Gasteiger partial charge in [-0.1, -0.05) is 18.2 Å². The lowest BCUT2D eigenvalue weighted by atomic mass is 10.2. The first kappa shape index (κ1) is 12.0. The van der Waals surface area contributed by atoms with Crippen molar-refractivity contribution in [2.45, 2.75) is 19.9 Å². The Bertz CT molecular complexity index is 565. The maximum Gasteiger partial charge on any atom is 0.0605 e. The normalized spacial score (nSPS) is 14.5. The van der Waals surface area contributed by atoms with Crippen LogP contribution in [0.4, 0.5) is 11.4 Å². The number of fused-ring (bicyclic) bond motifs is 1. The number of hydrogen-bond acceptors (Lipinski definition) is 3. The summed E-state index contributed by atoms with van der Waals surface area (Å²) >= 11 is 0. The van der Waals surface area contributed by atoms with Crippen molar-refractivity contribution >= 4 is 11.4 Å². The average Bonchev–Trinajstić information content (AvgIpc) is 2.62. The van der Waals surface area contributed by atoms with E-state index in [0.29, 0.717) is 0 Å². The summed E-state index contributed by atoms with van der Waals surface area (Å²) in [6.07, 6.45) is 5.03. The summed E-state index contributed by atoms with van der Waals surface area (Å²) in [6.45, 7) is 5.14. The number of aromatic nitrogens is 1. The van der Waals surface area contributed by atoms with Crippen molar-refractivity contribution in [2.24, 2.45) is 0 Å². The van der Waals surface area contributed by atoms with E-state index in [0.717, 1.165) is 26.1 Å². The highest BCUT2D eigenvalue weighted by atomic mass is 15.2. The molecule has 3 nitrogen and oxygen atoms in total. The van der Waals surface area contributed by atoms with Gasteiger partial charge in [-0.3, -0.25) is 4.98 Å². The third-order valence-electron chi connectivity index (χ3n) is 3.47. The fourth-order valence-electron chi connectivity index (χ4n) is 2.60. The number of aryl methyl sites for hydroxylation is 1. The van der Waals surface area contributed by atoms with Gasteiger partial charge in [-0.05, 0) is 36.6 Å². The van der Waals surface area contributed by atoms with Gasteiger partial charge >= 0.3 is 0 Å². The molecule has 98 valence electrons. The predicted molar refractivity (Wildman–Crippen MR) is 79.6 cm³/mol. The molecule has 19 heavy (non-hydrogen) atoms. The standard InChI is InChI=1S/C16H19N3/c1-13-9-14(11-17-10-13)12-19-8-4-7-18-15-5-2-3-6-16(15)19/h2-3,5-6,9-11,18H,4,7-8,12H2,1H3. The van der Waals surface area contributed by atoms with Gasteiger partial charge in [0.05, 0.1) is 11.4 Å². The summed E-state index contributed by atoms with van der Waals surface area (Å²) in [6, 6.07) is 10.8. The number of anilines is 2. The third kappa shape index (κ3) is 2.70. The van der Waals surface area contributed by atoms with E-state index in [1.165, 1.54) is 22.5 Å². The van der Waals surface area contributed by atoms with Crippen LogP contribution >= 0.6 is 0 Å². The summed E-state index contributed by atoms with van der Waals surface area (Å²) in [5, 5.41) is 3.49. The van der Waals surface area contributed by atoms with Crippen LogP contribution in [0.5, 0.6) is 0 Å². The minimum atomic E-state index is 0.924. The zero-order valence-electron chi connectivity index (χ0n) is 11.3. The lowest BCUT2D eigenvalue weighted by Gasteiger charge is -2.24. The van der Waals surface area contributed by atoms with Gasteiger partial charge in [0.2, 0.25) is 0 Å². The first-order valence-electron chi connectivity index (χ1n) is 6.81. The molecule has 0 aliphatic carbocycles. The smallest absolute Gasteiger partial charge is 0.0605 e. The van der Waals surface area contributed by atoms with E-state index in [9.17, 15) is 0 Å². The SMILES string of the molecule is Cc1cncc(CN2CCCNc3ccccc32)c1. The highest BCUT2D eigenvalue weighted by molar-refractivity contribution is 5.70. The number of pyridine rings is 1. The van der Waals surface area contributed by atoms with E-state index in [2.05, 4.69) is 52.5 Å². The molecule has 2 heterocycles. The molecule has 0 atom stereocenters. The molecule has 0 bridgehead atoms. The Morgan fingerprint density at radius 2 is 2.16 bits per heavy atom. The Morgan fingerprint density at radius 1 is 1.26 bits per heavy atom. The van der Waals surface area contributed by atoms with Crippen molar-refractivity contribution in [1.29, 1.82) is 0 Å². The molecular weight excluding hydrogens is 234 g/mol. The van der Waals surface area contributed by atoms with Gasteiger partial charge in [0.15, 0.2) is 0 Å². The van der Waals surface area contributed by atoms with Gasteiger partial charge in [-0.2, -0.15) is 0 Å². The summed E-state index contributed by atoms with van der Waals surface area (Å²) in [7, 11) is 0. The second-order valence-electron chi connectivity index (χ2n) is 5.09. The summed E-state index contributed by atoms with van der Waals surface area (Å²) < 4.78 is 0. The molecule has 1 aromatic heterocycles. The molecule has 2 aromatic rings. The molecule has 1 aliphatic heterocycles. The molecule has 0 spiro atoms. The van der Waals surface area contributed by atoms with Gasteiger partial charge in [-0.15, -0.1) is 0 Å². The number of hydrogen-bond donors (Lipinski definition) is 1. The Labute approximate surface area is 114 Å². The number of nitrogens with zero attached hydrogens (tertiary/aromatic N) is 2. The van der Waals surface area contributed by atoms with Crippen LogP contribution in [0.2, 0.25) is 0 Å². The van der Waals surface area contributed by atoms with Crippen LogP contribution in [0.3, 0.4) is 0 Å². The molecule has 1 N–H and O–H groups in total. The van der Waals surface area contributed by atoms with E-state index in [-0.39, 0.29) is 0 Å². The number of benzene rings is 1. The lowest BCUT2D eigenvalue weighted by Crippen LogP contribution is -2.23. The van der Waals surface area contributed by atoms with Gasteiger partial charge in [0.1, 0.15) is 0 Å². The fraction of sp³-hybridized carbons (Fsp3) is 0.312. The molecule has 0 fully saturated rings. The zero-order chi connectivity index (χ0) is 13.1. The van der Waals surface area contributed by atoms with Crippen LogP contribution in [0.1, 0.15) is 17.5 Å². The van der Waals surface area contributed by atoms with Crippen LogP contribution < -0.4 is 10.2 Å². The first-order chi connectivity index (χ1) is 9.33. The Morgan fingerprint density at radius 3 is 3.05 bits per heavy atom. The molecule has 1 aliphatic rings. The molecule has 1 aromatic carbocycles. The van der Waals surface area contributed by atoms with Crippen molar-refractivity contribution in [3.63, 3.8) is 0 Å². The van der Waals surface area contributed by atoms with Crippen molar-refractivity contribution < 1.29 is 0 Å². The fourth-order valence-corrected chi connectivity index (χ4v) is 2.60. The summed E-state index contributed by atoms with van der Waals surface area (Å²) in [4.78, 5) is 6.72. The summed E-state index contributed by atoms with van der Waals surface area (Å²) in [5.74, 6) is 0. The minimum Gasteiger partial charge on any atom is -0.383 e. The number of nitrogens with one attached hydrogen (secondary N) is 1. The number of rotatable bonds is 2. The van der Waals surface area contributed by atoms with Crippen LogP contribution in [0, 0.1) is 6.92 Å². The maximum absolute atomic E-state index is 4.29. The molecule has 0 saturated heterocycles. The first-order valence-corrected chi connectivity index (χ1v) is 6.81. The third-order valence-corrected chi connectivity index (χ3v) is 3.47. The minimum absolute atomic E-state index is 0.924. The van der Waals surface area contributed by atoms with E-state index < -0.39 is 0 Å². The zero-order valence-corrected chi connectivity index (χ0v) is 11.3. The molecule has 0 amide bonds. The van der Waals surface area contributed by atoms with Crippen molar-refractivity contribution in [3.05, 3.63) is 53.9 Å². The second kappa shape index (κ2) is 5.31. The van der Waals surface area contributed by atoms with Gasteiger partial charge < -0.3 is 10.2 Å². The van der Waals surface area contributed by atoms with Gasteiger partial charge in [-0.25, -0.2) is 0 Å². The molecule has 0 saturated carbocycles. The average molecular weight is 253 g/mol. The van der Waals surface area contributed by atoms with Crippen LogP contribution in [-0.2, 0) is 6.54 Å². The predicted octanol–water partition coefficient (Wildman–Crippen LogP) is 3.21. The number of para-hydroxylation sites is 2. The van der Waals surface area contributed by atoms with Crippen LogP contribution in [-0.4, -0.2) is 18.1 Å². The highest BCUT2D eigenvalue weighted by Crippen LogP contribution is 2.29. The molecule has 3 rings (SSSR count). The maximum atomic E-state index is 4.29. The lowest BCUT2D eigenvalue weighted by molar-refractivity contribution is 0.762. The Kier molecular flexibility index (Phi) is 3.36. The van der Waals surface area contributed by atoms with Crippen LogP contribution in [0.25, 0.3) is 0 Å². The van der Waals surface area contributed by atoms with Crippen molar-refractivity contribution in [2.75, 3.05) is 23.3 Å². The summed E-state index contributed by atoms with van der Waals surface area (Å²) in [5.41, 5.74) is 5.03. The van der Waals surface area contributed by atoms with E-state index in [4.69, 9.17) is 0 Å². The van der Waals surface area contributed by atoms with Gasteiger partial charge in [0, 0.05) is 32.0 Å². The second-order valence-corrected chi connectivity index (χ2v) is 5.09. The Balaban J connectivity index is 1.88. The van der Waals surface area contributed by atoms with Gasteiger partial charge in [0.25, 0.3) is 0 Å².